The standard InChI is InChI=1S/C27H33N3O2/c1-20-7-6-10-25-23(12-11-20)24-13-15-30(21(2)31)27(26(24)28-25)14-16-29(19-27)17-18-32-22-8-4-3-5-9-22/h3-6,8-12,20,28H,7,13-19H2,1-2H3/b10-6+,12-11-. The zero-order chi connectivity index (χ0) is 22.1. The molecule has 32 heavy (non-hydrogen) atoms. The maximum Gasteiger partial charge on any atom is 0.220 e. The van der Waals surface area contributed by atoms with Crippen molar-refractivity contribution in [2.75, 3.05) is 32.8 Å². The maximum absolute atomic E-state index is 12.7. The average molecular weight is 432 g/mol. The number of aromatic nitrogens is 1. The lowest BCUT2D eigenvalue weighted by Crippen LogP contribution is -2.54. The summed E-state index contributed by atoms with van der Waals surface area (Å²) in [5.74, 6) is 1.62. The number of fused-ring (bicyclic) bond motifs is 4. The van der Waals surface area contributed by atoms with Crippen molar-refractivity contribution in [2.24, 2.45) is 5.92 Å². The molecular weight excluding hydrogens is 398 g/mol. The van der Waals surface area contributed by atoms with Gasteiger partial charge >= 0.3 is 0 Å². The third kappa shape index (κ3) is 3.79. The van der Waals surface area contributed by atoms with E-state index in [0.29, 0.717) is 12.5 Å². The van der Waals surface area contributed by atoms with E-state index in [1.807, 2.05) is 30.3 Å². The first-order valence-corrected chi connectivity index (χ1v) is 11.9. The maximum atomic E-state index is 12.7. The van der Waals surface area contributed by atoms with Crippen molar-refractivity contribution in [3.05, 3.63) is 65.0 Å². The molecule has 2 aromatic rings. The summed E-state index contributed by atoms with van der Waals surface area (Å²) >= 11 is 0. The Labute approximate surface area is 190 Å². The second-order valence-corrected chi connectivity index (χ2v) is 9.42. The van der Waals surface area contributed by atoms with Crippen LogP contribution in [0, 0.1) is 5.92 Å². The summed E-state index contributed by atoms with van der Waals surface area (Å²) in [4.78, 5) is 21.0. The number of hydrogen-bond donors (Lipinski definition) is 1. The zero-order valence-corrected chi connectivity index (χ0v) is 19.1. The SMILES string of the molecule is CC(=O)N1CCc2c([nH]c3c2/C=C\C(C)C/C=C/3)C12CCN(CCOc1ccccc1)C2. The Morgan fingerprint density at radius 2 is 2.06 bits per heavy atom. The molecule has 1 spiro atoms. The molecule has 1 fully saturated rings. The van der Waals surface area contributed by atoms with Crippen LogP contribution in [0.1, 0.15) is 49.2 Å². The molecule has 1 aliphatic carbocycles. The quantitative estimate of drug-likeness (QED) is 0.777. The summed E-state index contributed by atoms with van der Waals surface area (Å²) in [6.45, 7) is 8.08. The van der Waals surface area contributed by atoms with Gasteiger partial charge in [-0.3, -0.25) is 9.69 Å². The summed E-state index contributed by atoms with van der Waals surface area (Å²) in [6.07, 6.45) is 12.0. The number of hydrogen-bond acceptors (Lipinski definition) is 3. The van der Waals surface area contributed by atoms with Crippen LogP contribution in [0.2, 0.25) is 0 Å². The van der Waals surface area contributed by atoms with E-state index >= 15 is 0 Å². The Kier molecular flexibility index (Phi) is 5.68. The number of nitrogens with one attached hydrogen (secondary N) is 1. The highest BCUT2D eigenvalue weighted by Gasteiger charge is 2.50. The van der Waals surface area contributed by atoms with Crippen molar-refractivity contribution in [3.63, 3.8) is 0 Å². The summed E-state index contributed by atoms with van der Waals surface area (Å²) in [7, 11) is 0. The predicted octanol–water partition coefficient (Wildman–Crippen LogP) is 4.47. The lowest BCUT2D eigenvalue weighted by atomic mass is 9.83. The molecule has 1 saturated heterocycles. The van der Waals surface area contributed by atoms with Crippen LogP contribution in [0.15, 0.2) is 42.5 Å². The summed E-state index contributed by atoms with van der Waals surface area (Å²) in [5, 5.41) is 0. The number of H-pyrrole nitrogens is 1. The average Bonchev–Trinajstić information content (AvgIpc) is 3.34. The first-order chi connectivity index (χ1) is 15.6. The monoisotopic (exact) mass is 431 g/mol. The molecule has 3 heterocycles. The zero-order valence-electron chi connectivity index (χ0n) is 19.1. The molecule has 1 aromatic heterocycles. The van der Waals surface area contributed by atoms with Crippen molar-refractivity contribution >= 4 is 18.1 Å². The number of carbonyl (C=O) groups is 1. The minimum Gasteiger partial charge on any atom is -0.492 e. The van der Waals surface area contributed by atoms with Crippen LogP contribution < -0.4 is 4.74 Å². The molecule has 168 valence electrons. The first-order valence-electron chi connectivity index (χ1n) is 11.9. The molecule has 0 saturated carbocycles. The molecule has 5 heteroatoms. The number of nitrogens with zero attached hydrogens (tertiary/aromatic N) is 2. The molecule has 1 amide bonds. The fourth-order valence-corrected chi connectivity index (χ4v) is 5.62. The first kappa shape index (κ1) is 21.1. The minimum atomic E-state index is -0.277. The Balaban J connectivity index is 1.41. The van der Waals surface area contributed by atoms with Crippen LogP contribution in [0.3, 0.4) is 0 Å². The highest BCUT2D eigenvalue weighted by atomic mass is 16.5. The number of rotatable bonds is 4. The molecule has 3 aliphatic rings. The number of allylic oxidation sites excluding steroid dienone is 2. The Bertz CT molecular complexity index is 1040. The van der Waals surface area contributed by atoms with E-state index in [-0.39, 0.29) is 11.4 Å². The van der Waals surface area contributed by atoms with E-state index in [4.69, 9.17) is 4.74 Å². The van der Waals surface area contributed by atoms with Crippen molar-refractivity contribution < 1.29 is 9.53 Å². The van der Waals surface area contributed by atoms with Crippen molar-refractivity contribution in [1.29, 1.82) is 0 Å². The van der Waals surface area contributed by atoms with Crippen LogP contribution >= 0.6 is 0 Å². The van der Waals surface area contributed by atoms with E-state index in [1.165, 1.54) is 22.5 Å². The van der Waals surface area contributed by atoms with E-state index in [2.05, 4.69) is 46.0 Å². The molecule has 2 atom stereocenters. The minimum absolute atomic E-state index is 0.166. The van der Waals surface area contributed by atoms with Gasteiger partial charge in [0.25, 0.3) is 0 Å². The van der Waals surface area contributed by atoms with Crippen LogP contribution in [0.5, 0.6) is 5.75 Å². The van der Waals surface area contributed by atoms with E-state index in [9.17, 15) is 4.79 Å². The largest absolute Gasteiger partial charge is 0.492 e. The van der Waals surface area contributed by atoms with Gasteiger partial charge in [0.1, 0.15) is 12.4 Å². The number of ether oxygens (including phenoxy) is 1. The van der Waals surface area contributed by atoms with Crippen LogP contribution in [0.4, 0.5) is 0 Å². The summed E-state index contributed by atoms with van der Waals surface area (Å²) in [6, 6.07) is 9.98. The number of aromatic amines is 1. The smallest absolute Gasteiger partial charge is 0.220 e. The predicted molar refractivity (Wildman–Crippen MR) is 128 cm³/mol. The Morgan fingerprint density at radius 3 is 2.88 bits per heavy atom. The fourth-order valence-electron chi connectivity index (χ4n) is 5.62. The fraction of sp³-hybridized carbons (Fsp3) is 0.444. The molecule has 5 rings (SSSR count). The van der Waals surface area contributed by atoms with Crippen molar-refractivity contribution in [2.45, 2.75) is 38.6 Å². The number of benzene rings is 1. The number of likely N-dealkylation sites (tertiary alicyclic amines) is 1. The number of carbonyl (C=O) groups excluding carboxylic acids is 1. The van der Waals surface area contributed by atoms with Gasteiger partial charge in [0.15, 0.2) is 0 Å². The van der Waals surface area contributed by atoms with Crippen LogP contribution in [-0.4, -0.2) is 53.5 Å². The van der Waals surface area contributed by atoms with E-state index in [0.717, 1.165) is 51.2 Å². The van der Waals surface area contributed by atoms with E-state index in [1.54, 1.807) is 6.92 Å². The highest BCUT2D eigenvalue weighted by molar-refractivity contribution is 5.77. The molecule has 0 radical (unpaired) electrons. The van der Waals surface area contributed by atoms with Gasteiger partial charge in [-0.15, -0.1) is 0 Å². The van der Waals surface area contributed by atoms with Gasteiger partial charge in [0, 0.05) is 50.1 Å². The van der Waals surface area contributed by atoms with Gasteiger partial charge in [-0.1, -0.05) is 43.4 Å². The second-order valence-electron chi connectivity index (χ2n) is 9.42. The van der Waals surface area contributed by atoms with Crippen LogP contribution in [-0.2, 0) is 16.8 Å². The molecule has 2 unspecified atom stereocenters. The van der Waals surface area contributed by atoms with Gasteiger partial charge in [-0.25, -0.2) is 0 Å². The second kappa shape index (κ2) is 8.62. The Hall–Kier alpha value is -2.79. The Morgan fingerprint density at radius 1 is 1.22 bits per heavy atom. The van der Waals surface area contributed by atoms with Gasteiger partial charge in [0.2, 0.25) is 5.91 Å². The third-order valence-electron chi connectivity index (χ3n) is 7.25. The molecule has 2 aliphatic heterocycles. The van der Waals surface area contributed by atoms with Crippen molar-refractivity contribution in [3.8, 4) is 5.75 Å². The lowest BCUT2D eigenvalue weighted by molar-refractivity contribution is -0.136. The van der Waals surface area contributed by atoms with E-state index < -0.39 is 0 Å². The molecule has 1 aromatic carbocycles. The highest BCUT2D eigenvalue weighted by Crippen LogP contribution is 2.44. The normalized spacial score (nSPS) is 26.8. The van der Waals surface area contributed by atoms with Gasteiger partial charge in [-0.2, -0.15) is 0 Å². The summed E-state index contributed by atoms with van der Waals surface area (Å²) in [5.41, 5.74) is 4.87. The third-order valence-corrected chi connectivity index (χ3v) is 7.25. The molecular formula is C27H33N3O2. The van der Waals surface area contributed by atoms with Gasteiger partial charge in [-0.05, 0) is 49.0 Å². The van der Waals surface area contributed by atoms with Crippen molar-refractivity contribution in [1.82, 2.24) is 14.8 Å². The molecule has 1 N–H and O–H groups in total. The number of para-hydroxylation sites is 1. The van der Waals surface area contributed by atoms with Gasteiger partial charge < -0.3 is 14.6 Å². The van der Waals surface area contributed by atoms with Gasteiger partial charge in [0.05, 0.1) is 5.54 Å². The number of amides is 1. The topological polar surface area (TPSA) is 48.6 Å². The molecule has 5 nitrogen and oxygen atoms in total. The summed E-state index contributed by atoms with van der Waals surface area (Å²) < 4.78 is 5.94. The van der Waals surface area contributed by atoms with Crippen LogP contribution in [0.25, 0.3) is 12.2 Å². The lowest BCUT2D eigenvalue weighted by Gasteiger charge is -2.44. The molecule has 0 bridgehead atoms.